The van der Waals surface area contributed by atoms with Crippen molar-refractivity contribution >= 4 is 76.5 Å². The lowest BCUT2D eigenvalue weighted by Crippen LogP contribution is -2.35. The fourth-order valence-electron chi connectivity index (χ4n) is 9.05. The summed E-state index contributed by atoms with van der Waals surface area (Å²) in [7, 11) is 0. The number of benzene rings is 7. The normalized spacial score (nSPS) is 17.6. The number of rotatable bonds is 5. The van der Waals surface area contributed by atoms with Gasteiger partial charge in [-0.05, 0) is 59.2 Å². The summed E-state index contributed by atoms with van der Waals surface area (Å²) < 4.78 is 9.34. The lowest BCUT2D eigenvalue weighted by atomic mass is 9.91. The van der Waals surface area contributed by atoms with Gasteiger partial charge in [-0.1, -0.05) is 140 Å². The number of para-hydroxylation sites is 2. The Bertz CT molecular complexity index is 3130. The second-order valence-electron chi connectivity index (χ2n) is 14.9. The number of allylic oxidation sites excluding steroid dienone is 2. The van der Waals surface area contributed by atoms with Gasteiger partial charge in [0.25, 0.3) is 0 Å². The summed E-state index contributed by atoms with van der Waals surface area (Å²) >= 11 is 1.85. The van der Waals surface area contributed by atoms with Crippen LogP contribution in [0, 0.1) is 0 Å². The SMILES string of the molecule is C1=CC2c3ccccc3N(c3ccc4sc5cccc(-c6cccc7c6oc6ccc(C8N=C(c9ccccc9)NC(c9ccccc9)=N8)cc67)c5c4c3)C2C=C1. The number of aliphatic imine (C=N–C) groups is 2. The van der Waals surface area contributed by atoms with Gasteiger partial charge in [-0.2, -0.15) is 0 Å². The Hall–Kier alpha value is -7.02. The maximum Gasteiger partial charge on any atom is 0.169 e. The standard InChI is InChI=1S/C51H34N4OS/c1-3-13-31(14-4-1)49-52-50(32-15-5-2-6-16-32)54-51(53-49)33-25-27-44-40(29-33)39-21-11-20-38(48(39)56-44)37-19-12-24-46-47(37)41-30-34(26-28-45(41)57-46)55-42-22-9-7-17-35(42)36-18-8-10-23-43(36)55/h1-30,35,42,51H,(H,52,53,54). The van der Waals surface area contributed by atoms with E-state index in [1.165, 1.54) is 42.7 Å². The molecule has 0 bridgehead atoms. The highest BCUT2D eigenvalue weighted by Crippen LogP contribution is 2.50. The molecule has 4 heterocycles. The molecule has 270 valence electrons. The highest BCUT2D eigenvalue weighted by molar-refractivity contribution is 7.26. The van der Waals surface area contributed by atoms with Gasteiger partial charge in [0.05, 0.1) is 6.04 Å². The number of furan rings is 1. The van der Waals surface area contributed by atoms with Crippen molar-refractivity contribution in [3.05, 3.63) is 204 Å². The molecule has 9 aromatic rings. The van der Waals surface area contributed by atoms with Gasteiger partial charge in [-0.3, -0.25) is 0 Å². The van der Waals surface area contributed by atoms with Crippen LogP contribution in [0.25, 0.3) is 53.2 Å². The third kappa shape index (κ3) is 5.14. The average Bonchev–Trinajstić information content (AvgIpc) is 3.96. The first-order valence-electron chi connectivity index (χ1n) is 19.4. The molecule has 0 amide bonds. The highest BCUT2D eigenvalue weighted by atomic mass is 32.1. The van der Waals surface area contributed by atoms with E-state index in [1.807, 2.05) is 47.7 Å². The number of nitrogens with zero attached hydrogens (tertiary/aromatic N) is 3. The zero-order valence-corrected chi connectivity index (χ0v) is 31.5. The van der Waals surface area contributed by atoms with E-state index in [2.05, 4.69) is 156 Å². The second kappa shape index (κ2) is 12.8. The van der Waals surface area contributed by atoms with E-state index >= 15 is 0 Å². The van der Waals surface area contributed by atoms with E-state index in [-0.39, 0.29) is 6.04 Å². The van der Waals surface area contributed by atoms with Crippen molar-refractivity contribution in [3.8, 4) is 11.1 Å². The van der Waals surface area contributed by atoms with Crippen molar-refractivity contribution in [2.45, 2.75) is 18.1 Å². The Morgan fingerprint density at radius 1 is 0.579 bits per heavy atom. The molecule has 0 spiro atoms. The van der Waals surface area contributed by atoms with E-state index in [0.717, 1.165) is 55.9 Å². The second-order valence-corrected chi connectivity index (χ2v) is 16.0. The van der Waals surface area contributed by atoms with Gasteiger partial charge in [0.2, 0.25) is 0 Å². The Balaban J connectivity index is 0.987. The molecular formula is C51H34N4OS. The lowest BCUT2D eigenvalue weighted by Gasteiger charge is -2.28. The molecule has 7 aromatic carbocycles. The molecule has 2 unspecified atom stereocenters. The zero-order chi connectivity index (χ0) is 37.5. The van der Waals surface area contributed by atoms with Crippen LogP contribution in [-0.2, 0) is 0 Å². The first-order valence-corrected chi connectivity index (χ1v) is 20.2. The van der Waals surface area contributed by atoms with Crippen LogP contribution in [0.1, 0.15) is 34.3 Å². The molecule has 12 rings (SSSR count). The smallest absolute Gasteiger partial charge is 0.169 e. The van der Waals surface area contributed by atoms with Crippen molar-refractivity contribution in [3.63, 3.8) is 0 Å². The quantitative estimate of drug-likeness (QED) is 0.191. The predicted octanol–water partition coefficient (Wildman–Crippen LogP) is 12.8. The Kier molecular flexibility index (Phi) is 7.22. The minimum absolute atomic E-state index is 0.250. The van der Waals surface area contributed by atoms with Crippen LogP contribution in [0.15, 0.2) is 196 Å². The third-order valence-electron chi connectivity index (χ3n) is 11.7. The molecule has 0 saturated carbocycles. The number of hydrogen-bond acceptors (Lipinski definition) is 6. The van der Waals surface area contributed by atoms with E-state index in [9.17, 15) is 0 Å². The fraction of sp³-hybridized carbons (Fsp3) is 0.0588. The molecule has 6 heteroatoms. The maximum absolute atomic E-state index is 6.80. The van der Waals surface area contributed by atoms with Gasteiger partial charge in [0, 0.05) is 64.9 Å². The molecule has 0 saturated heterocycles. The first-order chi connectivity index (χ1) is 28.2. The minimum atomic E-state index is -0.424. The molecule has 0 radical (unpaired) electrons. The number of amidine groups is 2. The van der Waals surface area contributed by atoms with Crippen LogP contribution in [0.4, 0.5) is 11.4 Å². The summed E-state index contributed by atoms with van der Waals surface area (Å²) in [6.07, 6.45) is 8.63. The summed E-state index contributed by atoms with van der Waals surface area (Å²) in [5, 5.41) is 8.16. The maximum atomic E-state index is 6.80. The summed E-state index contributed by atoms with van der Waals surface area (Å²) in [6.45, 7) is 0. The van der Waals surface area contributed by atoms with Crippen molar-refractivity contribution in [2.24, 2.45) is 9.98 Å². The highest BCUT2D eigenvalue weighted by Gasteiger charge is 2.37. The van der Waals surface area contributed by atoms with Crippen LogP contribution in [0.2, 0.25) is 0 Å². The molecule has 5 nitrogen and oxygen atoms in total. The Morgan fingerprint density at radius 2 is 1.32 bits per heavy atom. The van der Waals surface area contributed by atoms with Gasteiger partial charge in [-0.25, -0.2) is 9.98 Å². The van der Waals surface area contributed by atoms with Gasteiger partial charge >= 0.3 is 0 Å². The van der Waals surface area contributed by atoms with Crippen molar-refractivity contribution in [2.75, 3.05) is 4.90 Å². The number of thiophene rings is 1. The topological polar surface area (TPSA) is 53.1 Å². The summed E-state index contributed by atoms with van der Waals surface area (Å²) in [4.78, 5) is 12.8. The number of fused-ring (bicyclic) bond motifs is 9. The molecule has 0 fully saturated rings. The van der Waals surface area contributed by atoms with Gasteiger partial charge in [0.15, 0.2) is 6.17 Å². The third-order valence-corrected chi connectivity index (χ3v) is 12.8. The average molecular weight is 751 g/mol. The van der Waals surface area contributed by atoms with E-state index in [4.69, 9.17) is 14.4 Å². The summed E-state index contributed by atoms with van der Waals surface area (Å²) in [5.74, 6) is 1.94. The summed E-state index contributed by atoms with van der Waals surface area (Å²) in [6, 6.07) is 56.2. The van der Waals surface area contributed by atoms with Gasteiger partial charge in [0.1, 0.15) is 22.8 Å². The molecule has 3 aliphatic rings. The van der Waals surface area contributed by atoms with Crippen LogP contribution < -0.4 is 10.2 Å². The molecule has 2 atom stereocenters. The largest absolute Gasteiger partial charge is 0.455 e. The molecule has 1 N–H and O–H groups in total. The molecule has 2 aliphatic heterocycles. The van der Waals surface area contributed by atoms with Crippen molar-refractivity contribution in [1.29, 1.82) is 0 Å². The molecule has 57 heavy (non-hydrogen) atoms. The van der Waals surface area contributed by atoms with Crippen LogP contribution in [-0.4, -0.2) is 17.7 Å². The van der Waals surface area contributed by atoms with Gasteiger partial charge < -0.3 is 14.6 Å². The molecule has 1 aliphatic carbocycles. The number of hydrogen-bond donors (Lipinski definition) is 1. The predicted molar refractivity (Wildman–Crippen MR) is 237 cm³/mol. The Labute approximate surface area is 333 Å². The van der Waals surface area contributed by atoms with Crippen molar-refractivity contribution < 1.29 is 4.42 Å². The Morgan fingerprint density at radius 3 is 2.14 bits per heavy atom. The van der Waals surface area contributed by atoms with E-state index in [0.29, 0.717) is 5.92 Å². The van der Waals surface area contributed by atoms with E-state index < -0.39 is 6.17 Å². The first kappa shape index (κ1) is 32.2. The van der Waals surface area contributed by atoms with Crippen molar-refractivity contribution in [1.82, 2.24) is 5.32 Å². The summed E-state index contributed by atoms with van der Waals surface area (Å²) in [5.41, 5.74) is 10.9. The van der Waals surface area contributed by atoms with Crippen LogP contribution in [0.5, 0.6) is 0 Å². The molecular weight excluding hydrogens is 717 g/mol. The van der Waals surface area contributed by atoms with Gasteiger partial charge in [-0.15, -0.1) is 11.3 Å². The number of nitrogens with one attached hydrogen (secondary N) is 1. The van der Waals surface area contributed by atoms with E-state index in [1.54, 1.807) is 0 Å². The monoisotopic (exact) mass is 750 g/mol. The van der Waals surface area contributed by atoms with Crippen LogP contribution >= 0.6 is 11.3 Å². The molecule has 2 aromatic heterocycles. The number of anilines is 2. The lowest BCUT2D eigenvalue weighted by molar-refractivity contribution is 0.669. The minimum Gasteiger partial charge on any atom is -0.455 e. The zero-order valence-electron chi connectivity index (χ0n) is 30.7. The van der Waals surface area contributed by atoms with Crippen LogP contribution in [0.3, 0.4) is 0 Å². The fourth-order valence-corrected chi connectivity index (χ4v) is 10.2.